The largest absolute Gasteiger partial charge is 0.495 e. The molecule has 1 aromatic heterocycles. The van der Waals surface area contributed by atoms with E-state index in [1.54, 1.807) is 55.5 Å². The summed E-state index contributed by atoms with van der Waals surface area (Å²) in [5.41, 5.74) is -3.84. The van der Waals surface area contributed by atoms with E-state index in [-0.39, 0.29) is 23.8 Å². The lowest BCUT2D eigenvalue weighted by molar-refractivity contribution is -0.143. The SMILES string of the molecule is CCCCCCN(C(=O)c1cc(C(F)(F)F)cc(C(F)(F)F)c1)C(C)c1nc2ccccc2c(=O)n1-c1ccccc1OC. The van der Waals surface area contributed by atoms with Crippen molar-refractivity contribution in [2.45, 2.75) is 57.9 Å². The third kappa shape index (κ3) is 6.89. The van der Waals surface area contributed by atoms with Gasteiger partial charge in [-0.25, -0.2) is 4.98 Å². The summed E-state index contributed by atoms with van der Waals surface area (Å²) in [6.07, 6.45) is -7.52. The molecule has 0 bridgehead atoms. The van der Waals surface area contributed by atoms with E-state index in [9.17, 15) is 35.9 Å². The second-order valence-corrected chi connectivity index (χ2v) is 10.3. The van der Waals surface area contributed by atoms with Crippen molar-refractivity contribution in [3.8, 4) is 11.4 Å². The average Bonchev–Trinajstić information content (AvgIpc) is 2.99. The van der Waals surface area contributed by atoms with Gasteiger partial charge in [0.1, 0.15) is 11.6 Å². The van der Waals surface area contributed by atoms with E-state index in [0.717, 1.165) is 12.8 Å². The summed E-state index contributed by atoms with van der Waals surface area (Å²) in [7, 11) is 1.41. The van der Waals surface area contributed by atoms with Gasteiger partial charge in [0.25, 0.3) is 11.5 Å². The van der Waals surface area contributed by atoms with Crippen molar-refractivity contribution in [1.29, 1.82) is 0 Å². The summed E-state index contributed by atoms with van der Waals surface area (Å²) in [5.74, 6) is -0.682. The van der Waals surface area contributed by atoms with E-state index < -0.39 is 46.6 Å². The molecule has 0 saturated heterocycles. The van der Waals surface area contributed by atoms with Gasteiger partial charge in [0, 0.05) is 12.1 Å². The van der Waals surface area contributed by atoms with Crippen LogP contribution in [0.4, 0.5) is 26.3 Å². The van der Waals surface area contributed by atoms with Crippen molar-refractivity contribution < 1.29 is 35.9 Å². The zero-order chi connectivity index (χ0) is 32.2. The van der Waals surface area contributed by atoms with Gasteiger partial charge in [-0.2, -0.15) is 26.3 Å². The van der Waals surface area contributed by atoms with Crippen LogP contribution >= 0.6 is 0 Å². The fourth-order valence-corrected chi connectivity index (χ4v) is 5.04. The minimum absolute atomic E-state index is 0.00772. The summed E-state index contributed by atoms with van der Waals surface area (Å²) < 4.78 is 88.7. The normalized spacial score (nSPS) is 12.8. The monoisotopic (exact) mass is 619 g/mol. The Morgan fingerprint density at radius 3 is 2.14 bits per heavy atom. The van der Waals surface area contributed by atoms with E-state index in [1.807, 2.05) is 6.92 Å². The first-order valence-corrected chi connectivity index (χ1v) is 14.0. The molecule has 3 aromatic carbocycles. The van der Waals surface area contributed by atoms with Gasteiger partial charge in [0.05, 0.1) is 40.9 Å². The number of aromatic nitrogens is 2. The maximum absolute atomic E-state index is 14.0. The van der Waals surface area contributed by atoms with E-state index in [0.29, 0.717) is 41.9 Å². The van der Waals surface area contributed by atoms with Crippen LogP contribution < -0.4 is 10.3 Å². The summed E-state index contributed by atoms with van der Waals surface area (Å²) in [6, 6.07) is 12.9. The predicted molar refractivity (Wildman–Crippen MR) is 154 cm³/mol. The molecule has 1 amide bonds. The number of hydrogen-bond acceptors (Lipinski definition) is 4. The maximum atomic E-state index is 14.0. The number of ether oxygens (including phenoxy) is 1. The Hall–Kier alpha value is -4.35. The number of halogens is 6. The molecule has 6 nitrogen and oxygen atoms in total. The summed E-state index contributed by atoms with van der Waals surface area (Å²) in [5, 5.41) is 0.267. The van der Waals surface area contributed by atoms with E-state index in [4.69, 9.17) is 9.72 Å². The molecule has 0 fully saturated rings. The second-order valence-electron chi connectivity index (χ2n) is 10.3. The number of fused-ring (bicyclic) bond motifs is 1. The minimum atomic E-state index is -5.13. The van der Waals surface area contributed by atoms with Gasteiger partial charge >= 0.3 is 12.4 Å². The smallest absolute Gasteiger partial charge is 0.416 e. The maximum Gasteiger partial charge on any atom is 0.416 e. The number of rotatable bonds is 10. The molecule has 1 atom stereocenters. The fraction of sp³-hybridized carbons (Fsp3) is 0.344. The third-order valence-electron chi connectivity index (χ3n) is 7.32. The average molecular weight is 620 g/mol. The van der Waals surface area contributed by atoms with Gasteiger partial charge in [0.2, 0.25) is 0 Å². The molecule has 4 aromatic rings. The highest BCUT2D eigenvalue weighted by Crippen LogP contribution is 2.37. The first-order chi connectivity index (χ1) is 20.8. The molecule has 234 valence electrons. The third-order valence-corrected chi connectivity index (χ3v) is 7.32. The van der Waals surface area contributed by atoms with Crippen LogP contribution in [0, 0.1) is 0 Å². The molecule has 1 unspecified atom stereocenters. The molecule has 0 spiro atoms. The molecular formula is C32H31F6N3O3. The quantitative estimate of drug-likeness (QED) is 0.133. The van der Waals surface area contributed by atoms with Crippen molar-refractivity contribution in [3.05, 3.63) is 99.6 Å². The van der Waals surface area contributed by atoms with Crippen LogP contribution in [0.25, 0.3) is 16.6 Å². The predicted octanol–water partition coefficient (Wildman–Crippen LogP) is 8.22. The molecule has 0 aliphatic rings. The molecule has 44 heavy (non-hydrogen) atoms. The number of nitrogens with zero attached hydrogens (tertiary/aromatic N) is 3. The number of unbranched alkanes of at least 4 members (excludes halogenated alkanes) is 3. The topological polar surface area (TPSA) is 64.4 Å². The Morgan fingerprint density at radius 2 is 1.52 bits per heavy atom. The molecule has 0 saturated carbocycles. The number of methoxy groups -OCH3 is 1. The van der Waals surface area contributed by atoms with Gasteiger partial charge in [-0.05, 0) is 55.8 Å². The lowest BCUT2D eigenvalue weighted by atomic mass is 10.0. The van der Waals surface area contributed by atoms with E-state index in [2.05, 4.69) is 0 Å². The van der Waals surface area contributed by atoms with Crippen LogP contribution in [0.5, 0.6) is 5.75 Å². The van der Waals surface area contributed by atoms with Crippen LogP contribution in [-0.4, -0.2) is 34.0 Å². The van der Waals surface area contributed by atoms with Crippen molar-refractivity contribution in [2.75, 3.05) is 13.7 Å². The molecule has 4 rings (SSSR count). The van der Waals surface area contributed by atoms with Gasteiger partial charge in [-0.3, -0.25) is 14.2 Å². The van der Waals surface area contributed by atoms with Crippen molar-refractivity contribution >= 4 is 16.8 Å². The van der Waals surface area contributed by atoms with Crippen molar-refractivity contribution in [1.82, 2.24) is 14.5 Å². The van der Waals surface area contributed by atoms with Gasteiger partial charge in [-0.15, -0.1) is 0 Å². The summed E-state index contributed by atoms with van der Waals surface area (Å²) in [6.45, 7) is 3.50. The van der Waals surface area contributed by atoms with Crippen molar-refractivity contribution in [2.24, 2.45) is 0 Å². The lowest BCUT2D eigenvalue weighted by Gasteiger charge is -2.31. The lowest BCUT2D eigenvalue weighted by Crippen LogP contribution is -2.38. The number of carbonyl (C=O) groups is 1. The number of benzene rings is 3. The first-order valence-electron chi connectivity index (χ1n) is 14.0. The first kappa shape index (κ1) is 32.6. The number of hydrogen-bond donors (Lipinski definition) is 0. The van der Waals surface area contributed by atoms with Crippen molar-refractivity contribution in [3.63, 3.8) is 0 Å². The Labute approximate surface area is 249 Å². The standard InChI is InChI=1S/C32H31F6N3O3/c1-4-5-6-11-16-40(29(42)21-17-22(31(33,34)35)19-23(18-21)32(36,37)38)20(2)28-39-25-13-8-7-12-24(25)30(43)41(28)26-14-9-10-15-27(26)44-3/h7-10,12-15,17-20H,4-6,11,16H2,1-3H3. The zero-order valence-corrected chi connectivity index (χ0v) is 24.3. The second kappa shape index (κ2) is 13.1. The Balaban J connectivity index is 1.94. The summed E-state index contributed by atoms with van der Waals surface area (Å²) in [4.78, 5) is 33.7. The Kier molecular flexibility index (Phi) is 9.70. The van der Waals surface area contributed by atoms with Crippen LogP contribution in [0.1, 0.15) is 72.9 Å². The van der Waals surface area contributed by atoms with Gasteiger partial charge < -0.3 is 9.64 Å². The molecule has 0 N–H and O–H groups in total. The molecule has 0 radical (unpaired) electrons. The minimum Gasteiger partial charge on any atom is -0.495 e. The van der Waals surface area contributed by atoms with Gasteiger partial charge in [0.15, 0.2) is 0 Å². The van der Waals surface area contributed by atoms with Crippen LogP contribution in [0.15, 0.2) is 71.5 Å². The van der Waals surface area contributed by atoms with Crippen LogP contribution in [0.2, 0.25) is 0 Å². The highest BCUT2D eigenvalue weighted by molar-refractivity contribution is 5.95. The molecule has 0 aliphatic carbocycles. The Morgan fingerprint density at radius 1 is 0.909 bits per heavy atom. The Bertz CT molecular complexity index is 1670. The van der Waals surface area contributed by atoms with E-state index >= 15 is 0 Å². The highest BCUT2D eigenvalue weighted by Gasteiger charge is 2.38. The van der Waals surface area contributed by atoms with Crippen LogP contribution in [-0.2, 0) is 12.4 Å². The summed E-state index contributed by atoms with van der Waals surface area (Å²) >= 11 is 0. The number of para-hydroxylation sites is 3. The molecule has 1 heterocycles. The molecular weight excluding hydrogens is 588 g/mol. The molecule has 0 aliphatic heterocycles. The fourth-order valence-electron chi connectivity index (χ4n) is 5.04. The molecule has 12 heteroatoms. The number of amides is 1. The van der Waals surface area contributed by atoms with Crippen LogP contribution in [0.3, 0.4) is 0 Å². The van der Waals surface area contributed by atoms with E-state index in [1.165, 1.54) is 16.6 Å². The zero-order valence-electron chi connectivity index (χ0n) is 24.3. The van der Waals surface area contributed by atoms with Gasteiger partial charge in [-0.1, -0.05) is 50.5 Å². The number of alkyl halides is 6. The highest BCUT2D eigenvalue weighted by atomic mass is 19.4. The number of carbonyl (C=O) groups excluding carboxylic acids is 1.